The van der Waals surface area contributed by atoms with Gasteiger partial charge >= 0.3 is 0 Å². The predicted octanol–water partition coefficient (Wildman–Crippen LogP) is 0.358. The Hall–Kier alpha value is -0.610. The molecular formula is C11H22N2O2. The zero-order valence-corrected chi connectivity index (χ0v) is 9.92. The van der Waals surface area contributed by atoms with Gasteiger partial charge in [0.05, 0.1) is 13.2 Å². The molecule has 0 bridgehead atoms. The van der Waals surface area contributed by atoms with Crippen molar-refractivity contribution in [3.05, 3.63) is 0 Å². The lowest BCUT2D eigenvalue weighted by Gasteiger charge is -2.41. The second kappa shape index (κ2) is 4.94. The summed E-state index contributed by atoms with van der Waals surface area (Å²) >= 11 is 0. The van der Waals surface area contributed by atoms with Crippen LogP contribution in [-0.4, -0.2) is 47.7 Å². The SMILES string of the molecule is CC(C)N(C)C(=O)CNC1(CO)CCC1. The lowest BCUT2D eigenvalue weighted by atomic mass is 9.77. The van der Waals surface area contributed by atoms with E-state index in [1.807, 2.05) is 13.8 Å². The second-order valence-electron chi connectivity index (χ2n) is 4.74. The van der Waals surface area contributed by atoms with Gasteiger partial charge in [0, 0.05) is 18.6 Å². The summed E-state index contributed by atoms with van der Waals surface area (Å²) in [6.07, 6.45) is 3.09. The average molecular weight is 214 g/mol. The van der Waals surface area contributed by atoms with E-state index < -0.39 is 0 Å². The van der Waals surface area contributed by atoms with Crippen LogP contribution < -0.4 is 5.32 Å². The molecule has 0 aliphatic heterocycles. The van der Waals surface area contributed by atoms with Crippen LogP contribution in [-0.2, 0) is 4.79 Å². The first kappa shape index (κ1) is 12.5. The van der Waals surface area contributed by atoms with E-state index in [2.05, 4.69) is 5.32 Å². The molecule has 0 heterocycles. The van der Waals surface area contributed by atoms with E-state index in [1.165, 1.54) is 0 Å². The Bertz CT molecular complexity index is 219. The monoisotopic (exact) mass is 214 g/mol. The Morgan fingerprint density at radius 2 is 2.13 bits per heavy atom. The van der Waals surface area contributed by atoms with Crippen molar-refractivity contribution in [3.8, 4) is 0 Å². The van der Waals surface area contributed by atoms with Crippen molar-refractivity contribution < 1.29 is 9.90 Å². The van der Waals surface area contributed by atoms with Crippen molar-refractivity contribution in [2.75, 3.05) is 20.2 Å². The highest BCUT2D eigenvalue weighted by Gasteiger charge is 2.36. The molecule has 0 saturated heterocycles. The number of nitrogens with one attached hydrogen (secondary N) is 1. The summed E-state index contributed by atoms with van der Waals surface area (Å²) in [5, 5.41) is 12.4. The molecule has 4 heteroatoms. The molecule has 0 unspecified atom stereocenters. The minimum atomic E-state index is -0.173. The molecule has 15 heavy (non-hydrogen) atoms. The first-order valence-corrected chi connectivity index (χ1v) is 5.62. The standard InChI is InChI=1S/C11H22N2O2/c1-9(2)13(3)10(15)7-12-11(8-14)5-4-6-11/h9,12,14H,4-8H2,1-3H3. The van der Waals surface area contributed by atoms with Crippen LogP contribution in [0.5, 0.6) is 0 Å². The van der Waals surface area contributed by atoms with Gasteiger partial charge in [-0.1, -0.05) is 0 Å². The number of hydrogen-bond acceptors (Lipinski definition) is 3. The number of aliphatic hydroxyl groups is 1. The highest BCUT2D eigenvalue weighted by atomic mass is 16.3. The Morgan fingerprint density at radius 1 is 1.53 bits per heavy atom. The molecule has 4 nitrogen and oxygen atoms in total. The van der Waals surface area contributed by atoms with Crippen molar-refractivity contribution in [1.82, 2.24) is 10.2 Å². The maximum Gasteiger partial charge on any atom is 0.236 e. The summed E-state index contributed by atoms with van der Waals surface area (Å²) in [5.74, 6) is 0.0877. The topological polar surface area (TPSA) is 52.6 Å². The number of carbonyl (C=O) groups is 1. The fraction of sp³-hybridized carbons (Fsp3) is 0.909. The molecule has 1 saturated carbocycles. The molecule has 1 fully saturated rings. The van der Waals surface area contributed by atoms with E-state index in [4.69, 9.17) is 0 Å². The molecular weight excluding hydrogens is 192 g/mol. The van der Waals surface area contributed by atoms with E-state index in [-0.39, 0.29) is 24.1 Å². The Balaban J connectivity index is 2.33. The highest BCUT2D eigenvalue weighted by Crippen LogP contribution is 2.30. The molecule has 1 amide bonds. The van der Waals surface area contributed by atoms with Gasteiger partial charge < -0.3 is 15.3 Å². The molecule has 0 aromatic rings. The Morgan fingerprint density at radius 3 is 2.47 bits per heavy atom. The Labute approximate surface area is 91.6 Å². The fourth-order valence-corrected chi connectivity index (χ4v) is 1.67. The van der Waals surface area contributed by atoms with Crippen LogP contribution in [0.15, 0.2) is 0 Å². The summed E-state index contributed by atoms with van der Waals surface area (Å²) in [6, 6.07) is 0.228. The molecule has 0 aromatic carbocycles. The van der Waals surface area contributed by atoms with Gasteiger partial charge in [-0.05, 0) is 33.1 Å². The van der Waals surface area contributed by atoms with Crippen LogP contribution in [0.25, 0.3) is 0 Å². The molecule has 0 aromatic heterocycles. The normalized spacial score (nSPS) is 18.7. The minimum absolute atomic E-state index is 0.0877. The lowest BCUT2D eigenvalue weighted by Crippen LogP contribution is -2.56. The maximum atomic E-state index is 11.7. The van der Waals surface area contributed by atoms with Crippen LogP contribution in [0.3, 0.4) is 0 Å². The molecule has 1 aliphatic rings. The van der Waals surface area contributed by atoms with Gasteiger partial charge in [0.25, 0.3) is 0 Å². The Kier molecular flexibility index (Phi) is 4.11. The zero-order chi connectivity index (χ0) is 11.5. The number of hydrogen-bond donors (Lipinski definition) is 2. The maximum absolute atomic E-state index is 11.7. The highest BCUT2D eigenvalue weighted by molar-refractivity contribution is 5.78. The van der Waals surface area contributed by atoms with Crippen LogP contribution >= 0.6 is 0 Å². The summed E-state index contributed by atoms with van der Waals surface area (Å²) in [6.45, 7) is 4.44. The third-order valence-corrected chi connectivity index (χ3v) is 3.40. The van der Waals surface area contributed by atoms with E-state index >= 15 is 0 Å². The van der Waals surface area contributed by atoms with Gasteiger partial charge in [-0.15, -0.1) is 0 Å². The third kappa shape index (κ3) is 2.92. The van der Waals surface area contributed by atoms with Gasteiger partial charge in [0.15, 0.2) is 0 Å². The van der Waals surface area contributed by atoms with Crippen LogP contribution in [0.1, 0.15) is 33.1 Å². The van der Waals surface area contributed by atoms with Crippen molar-refractivity contribution in [2.24, 2.45) is 0 Å². The summed E-state index contributed by atoms with van der Waals surface area (Å²) in [4.78, 5) is 13.4. The van der Waals surface area contributed by atoms with Gasteiger partial charge in [-0.2, -0.15) is 0 Å². The van der Waals surface area contributed by atoms with E-state index in [9.17, 15) is 9.90 Å². The molecule has 2 N–H and O–H groups in total. The number of rotatable bonds is 5. The van der Waals surface area contributed by atoms with Gasteiger partial charge in [-0.25, -0.2) is 0 Å². The summed E-state index contributed by atoms with van der Waals surface area (Å²) < 4.78 is 0. The zero-order valence-electron chi connectivity index (χ0n) is 9.92. The fourth-order valence-electron chi connectivity index (χ4n) is 1.67. The lowest BCUT2D eigenvalue weighted by molar-refractivity contribution is -0.131. The van der Waals surface area contributed by atoms with Crippen molar-refractivity contribution in [3.63, 3.8) is 0 Å². The number of carbonyl (C=O) groups excluding carboxylic acids is 1. The number of aliphatic hydroxyl groups excluding tert-OH is 1. The van der Waals surface area contributed by atoms with Gasteiger partial charge in [0.2, 0.25) is 5.91 Å². The number of likely N-dealkylation sites (N-methyl/N-ethyl adjacent to an activating group) is 1. The molecule has 0 atom stereocenters. The summed E-state index contributed by atoms with van der Waals surface area (Å²) in [5.41, 5.74) is -0.173. The van der Waals surface area contributed by atoms with Gasteiger partial charge in [0.1, 0.15) is 0 Å². The molecule has 0 radical (unpaired) electrons. The predicted molar refractivity (Wildman–Crippen MR) is 59.6 cm³/mol. The van der Waals surface area contributed by atoms with E-state index in [0.29, 0.717) is 6.54 Å². The number of nitrogens with zero attached hydrogens (tertiary/aromatic N) is 1. The van der Waals surface area contributed by atoms with Crippen molar-refractivity contribution in [1.29, 1.82) is 0 Å². The molecule has 1 rings (SSSR count). The summed E-state index contributed by atoms with van der Waals surface area (Å²) in [7, 11) is 1.81. The van der Waals surface area contributed by atoms with Crippen LogP contribution in [0.2, 0.25) is 0 Å². The second-order valence-corrected chi connectivity index (χ2v) is 4.74. The van der Waals surface area contributed by atoms with Gasteiger partial charge in [-0.3, -0.25) is 4.79 Å². The molecule has 0 spiro atoms. The smallest absolute Gasteiger partial charge is 0.236 e. The first-order valence-electron chi connectivity index (χ1n) is 5.62. The van der Waals surface area contributed by atoms with Crippen LogP contribution in [0, 0.1) is 0 Å². The quantitative estimate of drug-likeness (QED) is 0.694. The first-order chi connectivity index (χ1) is 7.01. The van der Waals surface area contributed by atoms with Crippen molar-refractivity contribution in [2.45, 2.75) is 44.7 Å². The van der Waals surface area contributed by atoms with Crippen molar-refractivity contribution >= 4 is 5.91 Å². The third-order valence-electron chi connectivity index (χ3n) is 3.40. The largest absolute Gasteiger partial charge is 0.394 e. The minimum Gasteiger partial charge on any atom is -0.394 e. The van der Waals surface area contributed by atoms with E-state index in [1.54, 1.807) is 11.9 Å². The van der Waals surface area contributed by atoms with Crippen LogP contribution in [0.4, 0.5) is 0 Å². The molecule has 1 aliphatic carbocycles. The van der Waals surface area contributed by atoms with E-state index in [0.717, 1.165) is 19.3 Å². The average Bonchev–Trinajstić information content (AvgIpc) is 2.15. The number of amides is 1. The molecule has 88 valence electrons.